The van der Waals surface area contributed by atoms with Gasteiger partial charge in [0.15, 0.2) is 4.34 Å². The third kappa shape index (κ3) is 5.67. The topological polar surface area (TPSA) is 94.3 Å². The number of hydrogen-bond acceptors (Lipinski definition) is 8. The number of aromatic nitrogens is 4. The van der Waals surface area contributed by atoms with E-state index in [1.165, 1.54) is 23.1 Å². The Hall–Kier alpha value is -2.24. The van der Waals surface area contributed by atoms with Crippen LogP contribution in [0.5, 0.6) is 5.75 Å². The third-order valence-corrected chi connectivity index (χ3v) is 7.27. The summed E-state index contributed by atoms with van der Waals surface area (Å²) in [6, 6.07) is 5.73. The smallest absolute Gasteiger partial charge is 0.250 e. The highest BCUT2D eigenvalue weighted by molar-refractivity contribution is 9.10. The average Bonchev–Trinajstić information content (AvgIpc) is 3.25. The van der Waals surface area contributed by atoms with E-state index in [0.29, 0.717) is 6.54 Å². The molecule has 3 rings (SSSR count). The Morgan fingerprint density at radius 2 is 2.17 bits per heavy atom. The normalized spacial score (nSPS) is 11.2. The number of carbonyl (C=O) groups excluding carboxylic acids is 1. The summed E-state index contributed by atoms with van der Waals surface area (Å²) in [5.74, 6) is 0.793. The maximum Gasteiger partial charge on any atom is 0.250 e. The van der Waals surface area contributed by atoms with Crippen LogP contribution in [-0.4, -0.2) is 45.0 Å². The van der Waals surface area contributed by atoms with Gasteiger partial charge in [0, 0.05) is 5.56 Å². The van der Waals surface area contributed by atoms with Gasteiger partial charge >= 0.3 is 0 Å². The molecule has 0 spiro atoms. The molecule has 0 aliphatic heterocycles. The summed E-state index contributed by atoms with van der Waals surface area (Å²) >= 11 is 6.35. The second-order valence-electron chi connectivity index (χ2n) is 6.38. The van der Waals surface area contributed by atoms with Gasteiger partial charge in [-0.05, 0) is 60.5 Å². The van der Waals surface area contributed by atoms with E-state index >= 15 is 0 Å². The van der Waals surface area contributed by atoms with Crippen molar-refractivity contribution >= 4 is 51.2 Å². The van der Waals surface area contributed by atoms with Crippen LogP contribution in [0.3, 0.4) is 0 Å². The second kappa shape index (κ2) is 10.2. The van der Waals surface area contributed by atoms with Crippen molar-refractivity contribution in [2.75, 3.05) is 12.9 Å². The van der Waals surface area contributed by atoms with Gasteiger partial charge in [0.25, 0.3) is 5.91 Å². The Bertz CT molecular complexity index is 1080. The molecule has 0 radical (unpaired) electrons. The predicted molar refractivity (Wildman–Crippen MR) is 123 cm³/mol. The molecule has 2 heterocycles. The number of ether oxygens (including phenoxy) is 1. The number of nitrogens with one attached hydrogen (secondary N) is 1. The highest BCUT2D eigenvalue weighted by atomic mass is 79.9. The fraction of sp³-hybridized carbons (Fsp3) is 0.316. The summed E-state index contributed by atoms with van der Waals surface area (Å²) in [4.78, 5) is 12.0. The molecule has 8 nitrogen and oxygen atoms in total. The lowest BCUT2D eigenvalue weighted by atomic mass is 10.1. The highest BCUT2D eigenvalue weighted by Gasteiger charge is 2.12. The SMILES string of the molecule is COc1ccc(C=NNC(=O)CSc2nnc(C)s2)cc1Cn1nc(C)c(Br)c1C. The van der Waals surface area contributed by atoms with E-state index in [1.54, 1.807) is 13.3 Å². The number of halogens is 1. The molecule has 0 saturated heterocycles. The number of aryl methyl sites for hydroxylation is 2. The summed E-state index contributed by atoms with van der Waals surface area (Å²) in [6.45, 7) is 6.41. The standard InChI is InChI=1S/C19H21BrN6O2S2/c1-11-18(20)12(2)26(25-11)9-15-7-14(5-6-16(15)28-4)8-21-23-17(27)10-29-19-24-22-13(3)30-19/h5-8H,9-10H2,1-4H3,(H,23,27). The minimum Gasteiger partial charge on any atom is -0.496 e. The Kier molecular flexibility index (Phi) is 7.62. The van der Waals surface area contributed by atoms with Gasteiger partial charge in [-0.3, -0.25) is 9.48 Å². The zero-order valence-electron chi connectivity index (χ0n) is 17.0. The van der Waals surface area contributed by atoms with Crippen molar-refractivity contribution in [1.29, 1.82) is 0 Å². The van der Waals surface area contributed by atoms with Crippen molar-refractivity contribution in [2.24, 2.45) is 5.10 Å². The Balaban J connectivity index is 1.63. The maximum absolute atomic E-state index is 12.0. The number of carbonyl (C=O) groups is 1. The van der Waals surface area contributed by atoms with E-state index < -0.39 is 0 Å². The first-order valence-corrected chi connectivity index (χ1v) is 11.6. The van der Waals surface area contributed by atoms with Crippen LogP contribution < -0.4 is 10.2 Å². The number of thioether (sulfide) groups is 1. The van der Waals surface area contributed by atoms with Gasteiger partial charge in [-0.2, -0.15) is 10.2 Å². The average molecular weight is 509 g/mol. The van der Waals surface area contributed by atoms with Crippen LogP contribution in [0, 0.1) is 20.8 Å². The van der Waals surface area contributed by atoms with E-state index in [9.17, 15) is 4.79 Å². The maximum atomic E-state index is 12.0. The van der Waals surface area contributed by atoms with Gasteiger partial charge in [0.1, 0.15) is 10.8 Å². The van der Waals surface area contributed by atoms with E-state index in [4.69, 9.17) is 4.74 Å². The summed E-state index contributed by atoms with van der Waals surface area (Å²) in [5.41, 5.74) is 6.33. The van der Waals surface area contributed by atoms with Gasteiger partial charge in [0.2, 0.25) is 0 Å². The van der Waals surface area contributed by atoms with Gasteiger partial charge < -0.3 is 4.74 Å². The molecule has 30 heavy (non-hydrogen) atoms. The number of amides is 1. The van der Waals surface area contributed by atoms with Crippen LogP contribution in [0.2, 0.25) is 0 Å². The van der Waals surface area contributed by atoms with Gasteiger partial charge in [-0.1, -0.05) is 23.1 Å². The molecule has 1 N–H and O–H groups in total. The quantitative estimate of drug-likeness (QED) is 0.283. The molecule has 2 aromatic heterocycles. The molecule has 0 bridgehead atoms. The third-order valence-electron chi connectivity index (χ3n) is 4.15. The first-order valence-electron chi connectivity index (χ1n) is 8.98. The van der Waals surface area contributed by atoms with Gasteiger partial charge in [-0.25, -0.2) is 5.43 Å². The number of benzene rings is 1. The lowest BCUT2D eigenvalue weighted by molar-refractivity contribution is -0.118. The molecule has 1 aromatic carbocycles. The summed E-state index contributed by atoms with van der Waals surface area (Å²) in [6.07, 6.45) is 1.61. The van der Waals surface area contributed by atoms with Crippen molar-refractivity contribution in [1.82, 2.24) is 25.4 Å². The number of hydrazone groups is 1. The number of nitrogens with zero attached hydrogens (tertiary/aromatic N) is 5. The summed E-state index contributed by atoms with van der Waals surface area (Å²) < 4.78 is 9.18. The molecule has 0 atom stereocenters. The molecule has 0 fully saturated rings. The van der Waals surface area contributed by atoms with Crippen LogP contribution in [0.25, 0.3) is 0 Å². The van der Waals surface area contributed by atoms with Crippen molar-refractivity contribution in [3.05, 3.63) is 50.2 Å². The first kappa shape index (κ1) is 22.4. The van der Waals surface area contributed by atoms with E-state index in [2.05, 4.69) is 41.8 Å². The predicted octanol–water partition coefficient (Wildman–Crippen LogP) is 3.72. The molecule has 158 valence electrons. The molecular formula is C19H21BrN6O2S2. The largest absolute Gasteiger partial charge is 0.496 e. The second-order valence-corrected chi connectivity index (χ2v) is 9.58. The molecular weight excluding hydrogens is 488 g/mol. The molecule has 0 aliphatic carbocycles. The number of rotatable bonds is 8. The lowest BCUT2D eigenvalue weighted by Crippen LogP contribution is -2.19. The molecule has 0 unspecified atom stereocenters. The minimum absolute atomic E-state index is 0.203. The van der Waals surface area contributed by atoms with Crippen molar-refractivity contribution in [3.8, 4) is 5.75 Å². The zero-order chi connectivity index (χ0) is 21.7. The van der Waals surface area contributed by atoms with Crippen LogP contribution in [-0.2, 0) is 11.3 Å². The van der Waals surface area contributed by atoms with Crippen molar-refractivity contribution in [3.63, 3.8) is 0 Å². The zero-order valence-corrected chi connectivity index (χ0v) is 20.2. The molecule has 0 saturated carbocycles. The van der Waals surface area contributed by atoms with Crippen LogP contribution in [0.1, 0.15) is 27.5 Å². The van der Waals surface area contributed by atoms with E-state index in [-0.39, 0.29) is 11.7 Å². The molecule has 1 amide bonds. The van der Waals surface area contributed by atoms with Gasteiger partial charge in [-0.15, -0.1) is 10.2 Å². The number of methoxy groups -OCH3 is 1. The van der Waals surface area contributed by atoms with E-state index in [0.717, 1.165) is 42.1 Å². The van der Waals surface area contributed by atoms with E-state index in [1.807, 2.05) is 43.7 Å². The van der Waals surface area contributed by atoms with Crippen LogP contribution in [0.15, 0.2) is 32.1 Å². The first-order chi connectivity index (χ1) is 14.4. The Labute approximate surface area is 191 Å². The number of hydrogen-bond donors (Lipinski definition) is 1. The Morgan fingerprint density at radius 3 is 2.80 bits per heavy atom. The summed E-state index contributed by atoms with van der Waals surface area (Å²) in [5, 5.41) is 17.4. The fourth-order valence-corrected chi connectivity index (χ4v) is 4.56. The molecule has 0 aliphatic rings. The van der Waals surface area contributed by atoms with Crippen LogP contribution >= 0.6 is 39.0 Å². The van der Waals surface area contributed by atoms with Crippen molar-refractivity contribution in [2.45, 2.75) is 31.7 Å². The summed E-state index contributed by atoms with van der Waals surface area (Å²) in [7, 11) is 1.64. The minimum atomic E-state index is -0.203. The van der Waals surface area contributed by atoms with Crippen molar-refractivity contribution < 1.29 is 9.53 Å². The monoisotopic (exact) mass is 508 g/mol. The van der Waals surface area contributed by atoms with Crippen LogP contribution in [0.4, 0.5) is 0 Å². The van der Waals surface area contributed by atoms with Gasteiger partial charge in [0.05, 0.1) is 41.5 Å². The highest BCUT2D eigenvalue weighted by Crippen LogP contribution is 2.25. The lowest BCUT2D eigenvalue weighted by Gasteiger charge is -2.11. The molecule has 11 heteroatoms. The Morgan fingerprint density at radius 1 is 1.37 bits per heavy atom. The fourth-order valence-electron chi connectivity index (χ4n) is 2.67. The molecule has 3 aromatic rings.